The van der Waals surface area contributed by atoms with E-state index >= 15 is 0 Å². The number of nitrogens with zero attached hydrogens (tertiary/aromatic N) is 2. The summed E-state index contributed by atoms with van der Waals surface area (Å²) in [5.41, 5.74) is -0.516. The number of benzene rings is 1. The predicted molar refractivity (Wildman–Crippen MR) is 116 cm³/mol. The maximum absolute atomic E-state index is 13.0. The predicted octanol–water partition coefficient (Wildman–Crippen LogP) is 6.29. The molecule has 1 amide bonds. The average molecular weight is 455 g/mol. The van der Waals surface area contributed by atoms with E-state index in [1.165, 1.54) is 17.4 Å². The number of fused-ring (bicyclic) bond motifs is 1. The molecule has 1 spiro atoms. The maximum atomic E-state index is 13.0. The van der Waals surface area contributed by atoms with Crippen molar-refractivity contribution in [2.24, 2.45) is 0 Å². The van der Waals surface area contributed by atoms with Gasteiger partial charge >= 0.3 is 12.3 Å². The van der Waals surface area contributed by atoms with Gasteiger partial charge in [-0.1, -0.05) is 19.4 Å². The second-order valence-electron chi connectivity index (χ2n) is 8.67. The number of hydrogen-bond acceptors (Lipinski definition) is 4. The van der Waals surface area contributed by atoms with Gasteiger partial charge in [0.2, 0.25) is 0 Å². The number of likely N-dealkylation sites (tertiary alicyclic amines) is 2. The van der Waals surface area contributed by atoms with Crippen LogP contribution in [0.3, 0.4) is 0 Å². The minimum absolute atomic E-state index is 0.0769. The van der Waals surface area contributed by atoms with Crippen LogP contribution in [0.4, 0.5) is 18.0 Å². The lowest BCUT2D eigenvalue weighted by molar-refractivity contribution is -0.137. The number of rotatable bonds is 5. The Morgan fingerprint density at radius 3 is 2.65 bits per heavy atom. The van der Waals surface area contributed by atoms with Crippen molar-refractivity contribution in [2.45, 2.75) is 63.7 Å². The summed E-state index contributed by atoms with van der Waals surface area (Å²) in [6.07, 6.45) is 1.41. The molecule has 0 bridgehead atoms. The number of halogens is 3. The van der Waals surface area contributed by atoms with Gasteiger partial charge < -0.3 is 9.64 Å². The highest BCUT2D eigenvalue weighted by Crippen LogP contribution is 2.41. The van der Waals surface area contributed by atoms with E-state index in [0.29, 0.717) is 24.4 Å². The first kappa shape index (κ1) is 22.4. The second-order valence-corrected chi connectivity index (χ2v) is 9.84. The quantitative estimate of drug-likeness (QED) is 0.498. The molecule has 2 aromatic rings. The van der Waals surface area contributed by atoms with Crippen LogP contribution >= 0.6 is 11.3 Å². The molecule has 0 N–H and O–H groups in total. The summed E-state index contributed by atoms with van der Waals surface area (Å²) in [6, 6.07) is 6.00. The van der Waals surface area contributed by atoms with Gasteiger partial charge in [0.25, 0.3) is 0 Å². The number of unbranched alkanes of at least 4 members (excludes halogenated alkanes) is 1. The van der Waals surface area contributed by atoms with E-state index in [0.717, 1.165) is 67.9 Å². The van der Waals surface area contributed by atoms with Crippen LogP contribution in [-0.4, -0.2) is 47.7 Å². The van der Waals surface area contributed by atoms with E-state index in [-0.39, 0.29) is 11.6 Å². The molecule has 2 aliphatic heterocycles. The fourth-order valence-corrected chi connectivity index (χ4v) is 5.96. The van der Waals surface area contributed by atoms with Crippen molar-refractivity contribution in [1.29, 1.82) is 0 Å². The molecular formula is C23H29F3N2O2S. The Kier molecular flexibility index (Phi) is 6.49. The summed E-state index contributed by atoms with van der Waals surface area (Å²) in [5, 5.41) is 0.867. The number of thiophene rings is 1. The Morgan fingerprint density at radius 2 is 1.94 bits per heavy atom. The summed E-state index contributed by atoms with van der Waals surface area (Å²) >= 11 is 1.45. The molecule has 2 fully saturated rings. The molecule has 0 aliphatic carbocycles. The van der Waals surface area contributed by atoms with Crippen molar-refractivity contribution in [3.05, 3.63) is 34.7 Å². The second kappa shape index (κ2) is 8.98. The number of ether oxygens (including phenoxy) is 1. The maximum Gasteiger partial charge on any atom is 0.416 e. The van der Waals surface area contributed by atoms with Gasteiger partial charge in [-0.2, -0.15) is 13.2 Å². The molecule has 8 heteroatoms. The average Bonchev–Trinajstić information content (AvgIpc) is 3.31. The Bertz CT molecular complexity index is 919. The highest BCUT2D eigenvalue weighted by Gasteiger charge is 2.44. The molecular weight excluding hydrogens is 425 g/mol. The molecule has 4 nitrogen and oxygen atoms in total. The SMILES string of the molecule is CCCCOC(=O)N1CCC2(CCCN2Cc2cc3ccc(C(F)(F)F)cc3s2)CC1. The number of amides is 1. The van der Waals surface area contributed by atoms with Gasteiger partial charge in [0.15, 0.2) is 0 Å². The lowest BCUT2D eigenvalue weighted by Crippen LogP contribution is -2.53. The first-order chi connectivity index (χ1) is 14.8. The standard InChI is InChI=1S/C23H29F3N2O2S/c1-2-3-13-30-21(29)27-11-8-22(9-12-27)7-4-10-28(22)16-19-14-17-5-6-18(23(24,25)26)15-20(17)31-19/h5-6,14-15H,2-4,7-13,16H2,1H3. The summed E-state index contributed by atoms with van der Waals surface area (Å²) in [6.45, 7) is 5.68. The zero-order valence-electron chi connectivity index (χ0n) is 17.8. The minimum atomic E-state index is -4.32. The van der Waals surface area contributed by atoms with Gasteiger partial charge in [-0.15, -0.1) is 11.3 Å². The van der Waals surface area contributed by atoms with E-state index in [4.69, 9.17) is 4.74 Å². The van der Waals surface area contributed by atoms with Crippen LogP contribution in [0.15, 0.2) is 24.3 Å². The Morgan fingerprint density at radius 1 is 1.16 bits per heavy atom. The van der Waals surface area contributed by atoms with E-state index < -0.39 is 11.7 Å². The van der Waals surface area contributed by atoms with E-state index in [9.17, 15) is 18.0 Å². The van der Waals surface area contributed by atoms with Gasteiger partial charge in [0.1, 0.15) is 0 Å². The highest BCUT2D eigenvalue weighted by molar-refractivity contribution is 7.19. The molecule has 0 unspecified atom stereocenters. The third-order valence-electron chi connectivity index (χ3n) is 6.66. The molecule has 170 valence electrons. The van der Waals surface area contributed by atoms with Crippen molar-refractivity contribution >= 4 is 27.5 Å². The first-order valence-electron chi connectivity index (χ1n) is 11.1. The molecule has 3 heterocycles. The van der Waals surface area contributed by atoms with Crippen LogP contribution in [0.5, 0.6) is 0 Å². The number of carbonyl (C=O) groups is 1. The van der Waals surface area contributed by atoms with Crippen molar-refractivity contribution < 1.29 is 22.7 Å². The fraction of sp³-hybridized carbons (Fsp3) is 0.609. The third-order valence-corrected chi connectivity index (χ3v) is 7.74. The normalized spacial score (nSPS) is 19.4. The first-order valence-corrected chi connectivity index (χ1v) is 11.9. The van der Waals surface area contributed by atoms with Crippen LogP contribution in [0, 0.1) is 0 Å². The molecule has 2 saturated heterocycles. The van der Waals surface area contributed by atoms with Gasteiger partial charge in [-0.05, 0) is 62.2 Å². The van der Waals surface area contributed by atoms with Crippen LogP contribution in [0.1, 0.15) is 55.9 Å². The number of hydrogen-bond donors (Lipinski definition) is 0. The van der Waals surface area contributed by atoms with E-state index in [1.54, 1.807) is 6.07 Å². The van der Waals surface area contributed by atoms with Crippen molar-refractivity contribution in [3.63, 3.8) is 0 Å². The van der Waals surface area contributed by atoms with Gasteiger partial charge in [-0.3, -0.25) is 4.90 Å². The number of piperidine rings is 1. The number of alkyl halides is 3. The molecule has 1 aromatic carbocycles. The lowest BCUT2D eigenvalue weighted by Gasteiger charge is -2.44. The summed E-state index contributed by atoms with van der Waals surface area (Å²) in [4.78, 5) is 17.7. The number of carbonyl (C=O) groups excluding carboxylic acids is 1. The smallest absolute Gasteiger partial charge is 0.416 e. The van der Waals surface area contributed by atoms with Crippen LogP contribution < -0.4 is 0 Å². The molecule has 0 radical (unpaired) electrons. The molecule has 0 saturated carbocycles. The largest absolute Gasteiger partial charge is 0.449 e. The Hall–Kier alpha value is -1.80. The molecule has 31 heavy (non-hydrogen) atoms. The van der Waals surface area contributed by atoms with Gasteiger partial charge in [0.05, 0.1) is 12.2 Å². The highest BCUT2D eigenvalue weighted by atomic mass is 32.1. The minimum Gasteiger partial charge on any atom is -0.449 e. The third kappa shape index (κ3) is 4.85. The molecule has 0 atom stereocenters. The van der Waals surface area contributed by atoms with Crippen LogP contribution in [0.25, 0.3) is 10.1 Å². The van der Waals surface area contributed by atoms with Crippen LogP contribution in [0.2, 0.25) is 0 Å². The lowest BCUT2D eigenvalue weighted by atomic mass is 9.85. The van der Waals surface area contributed by atoms with Gasteiger partial charge in [0, 0.05) is 34.8 Å². The summed E-state index contributed by atoms with van der Waals surface area (Å²) in [7, 11) is 0. The monoisotopic (exact) mass is 454 g/mol. The fourth-order valence-electron chi connectivity index (χ4n) is 4.84. The van der Waals surface area contributed by atoms with E-state index in [1.807, 2.05) is 11.0 Å². The zero-order valence-corrected chi connectivity index (χ0v) is 18.7. The van der Waals surface area contributed by atoms with Crippen molar-refractivity contribution in [1.82, 2.24) is 9.80 Å². The summed E-state index contributed by atoms with van der Waals surface area (Å²) in [5.74, 6) is 0. The Labute approximate surface area is 185 Å². The van der Waals surface area contributed by atoms with Gasteiger partial charge in [-0.25, -0.2) is 4.79 Å². The molecule has 1 aromatic heterocycles. The van der Waals surface area contributed by atoms with Crippen molar-refractivity contribution in [2.75, 3.05) is 26.2 Å². The molecule has 4 rings (SSSR count). The Balaban J connectivity index is 1.41. The molecule has 2 aliphatic rings. The van der Waals surface area contributed by atoms with Crippen LogP contribution in [-0.2, 0) is 17.5 Å². The zero-order chi connectivity index (χ0) is 22.1. The van der Waals surface area contributed by atoms with E-state index in [2.05, 4.69) is 11.8 Å². The van der Waals surface area contributed by atoms with Crippen molar-refractivity contribution in [3.8, 4) is 0 Å². The topological polar surface area (TPSA) is 32.8 Å². The summed E-state index contributed by atoms with van der Waals surface area (Å²) < 4.78 is 45.1.